The summed E-state index contributed by atoms with van der Waals surface area (Å²) in [6, 6.07) is 1.46. The van der Waals surface area contributed by atoms with Gasteiger partial charge in [0.2, 0.25) is 10.0 Å². The molecule has 1 aromatic rings. The van der Waals surface area contributed by atoms with Crippen molar-refractivity contribution in [2.75, 3.05) is 24.0 Å². The summed E-state index contributed by atoms with van der Waals surface area (Å²) in [4.78, 5) is 3.95. The third-order valence-corrected chi connectivity index (χ3v) is 5.09. The second kappa shape index (κ2) is 7.44. The molecule has 0 amide bonds. The van der Waals surface area contributed by atoms with E-state index in [-0.39, 0.29) is 16.6 Å². The lowest BCUT2D eigenvalue weighted by atomic mass is 10.2. The highest BCUT2D eigenvalue weighted by molar-refractivity contribution is 9.10. The summed E-state index contributed by atoms with van der Waals surface area (Å²) < 4.78 is 27.5. The molecule has 0 saturated carbocycles. The monoisotopic (exact) mass is 368 g/mol. The second-order valence-electron chi connectivity index (χ2n) is 4.06. The predicted molar refractivity (Wildman–Crippen MR) is 82.5 cm³/mol. The van der Waals surface area contributed by atoms with Crippen molar-refractivity contribution in [1.82, 2.24) is 9.71 Å². The largest absolute Gasteiger partial charge is 0.307 e. The van der Waals surface area contributed by atoms with E-state index in [2.05, 4.69) is 31.1 Å². The number of aromatic nitrogens is 1. The maximum absolute atomic E-state index is 12.2. The minimum Gasteiger partial charge on any atom is -0.307 e. The van der Waals surface area contributed by atoms with Gasteiger partial charge in [0.25, 0.3) is 0 Å². The van der Waals surface area contributed by atoms with Gasteiger partial charge in [-0.1, -0.05) is 6.92 Å². The fraction of sp³-hybridized carbons (Fsp3) is 0.500. The molecular formula is C10H17BrN4O2S2. The molecule has 1 atom stereocenters. The number of nitrogens with two attached hydrogens (primary N) is 1. The zero-order chi connectivity index (χ0) is 14.5. The van der Waals surface area contributed by atoms with E-state index in [4.69, 9.17) is 5.84 Å². The number of anilines is 1. The van der Waals surface area contributed by atoms with Crippen LogP contribution in [0.5, 0.6) is 0 Å². The van der Waals surface area contributed by atoms with Crippen LogP contribution in [0.25, 0.3) is 0 Å². The number of nitrogens with one attached hydrogen (secondary N) is 2. The van der Waals surface area contributed by atoms with Gasteiger partial charge < -0.3 is 5.43 Å². The van der Waals surface area contributed by atoms with Crippen LogP contribution in [0, 0.1) is 5.92 Å². The lowest BCUT2D eigenvalue weighted by molar-refractivity contribution is 0.562. The third-order valence-electron chi connectivity index (χ3n) is 2.32. The first-order valence-corrected chi connectivity index (χ1v) is 9.18. The van der Waals surface area contributed by atoms with Gasteiger partial charge in [0.1, 0.15) is 4.90 Å². The number of halogens is 1. The standard InChI is InChI=1S/C10H17BrN4O2S2/c1-7(6-18-2)4-14-19(16,17)9-3-8(11)5-13-10(9)15-12/h3,5,7,14H,4,6,12H2,1-2H3,(H,13,15). The van der Waals surface area contributed by atoms with Crippen molar-refractivity contribution >= 4 is 43.5 Å². The van der Waals surface area contributed by atoms with E-state index in [1.807, 2.05) is 13.2 Å². The van der Waals surface area contributed by atoms with Crippen molar-refractivity contribution in [3.8, 4) is 0 Å². The fourth-order valence-corrected chi connectivity index (χ4v) is 3.88. The van der Waals surface area contributed by atoms with Gasteiger partial charge in [-0.25, -0.2) is 24.0 Å². The van der Waals surface area contributed by atoms with E-state index in [9.17, 15) is 8.42 Å². The van der Waals surface area contributed by atoms with E-state index >= 15 is 0 Å². The summed E-state index contributed by atoms with van der Waals surface area (Å²) in [6.07, 6.45) is 3.46. The molecule has 1 unspecified atom stereocenters. The number of sulfonamides is 1. The number of rotatable bonds is 7. The van der Waals surface area contributed by atoms with Crippen molar-refractivity contribution in [3.63, 3.8) is 0 Å². The topological polar surface area (TPSA) is 97.1 Å². The first-order chi connectivity index (χ1) is 8.90. The van der Waals surface area contributed by atoms with Gasteiger partial charge in [0.05, 0.1) is 0 Å². The normalized spacial score (nSPS) is 13.3. The number of hydrogen-bond donors (Lipinski definition) is 3. The summed E-state index contributed by atoms with van der Waals surface area (Å²) in [5.41, 5.74) is 2.29. The Morgan fingerprint density at radius 2 is 2.26 bits per heavy atom. The Bertz CT molecular complexity index is 524. The molecule has 19 heavy (non-hydrogen) atoms. The molecule has 0 aliphatic carbocycles. The summed E-state index contributed by atoms with van der Waals surface area (Å²) in [5.74, 6) is 6.54. The van der Waals surface area contributed by atoms with Gasteiger partial charge in [-0.2, -0.15) is 11.8 Å². The Kier molecular flexibility index (Phi) is 6.54. The van der Waals surface area contributed by atoms with Crippen molar-refractivity contribution in [1.29, 1.82) is 0 Å². The lowest BCUT2D eigenvalue weighted by Gasteiger charge is -2.13. The molecule has 9 heteroatoms. The first-order valence-electron chi connectivity index (χ1n) is 5.51. The number of pyridine rings is 1. The Morgan fingerprint density at radius 3 is 2.84 bits per heavy atom. The molecule has 1 heterocycles. The smallest absolute Gasteiger partial charge is 0.244 e. The van der Waals surface area contributed by atoms with Crippen LogP contribution < -0.4 is 16.0 Å². The molecule has 4 N–H and O–H groups in total. The van der Waals surface area contributed by atoms with Crippen LogP contribution in [-0.2, 0) is 10.0 Å². The molecular weight excluding hydrogens is 352 g/mol. The molecule has 1 aromatic heterocycles. The number of hydrogen-bond acceptors (Lipinski definition) is 6. The van der Waals surface area contributed by atoms with E-state index < -0.39 is 10.0 Å². The first kappa shape index (κ1) is 16.7. The van der Waals surface area contributed by atoms with Crippen LogP contribution >= 0.6 is 27.7 Å². The Balaban J connectivity index is 2.91. The Labute approximate surface area is 126 Å². The quantitative estimate of drug-likeness (QED) is 0.497. The summed E-state index contributed by atoms with van der Waals surface area (Å²) >= 11 is 4.88. The van der Waals surface area contributed by atoms with Crippen molar-refractivity contribution in [2.24, 2.45) is 11.8 Å². The van der Waals surface area contributed by atoms with E-state index in [0.717, 1.165) is 5.75 Å². The molecule has 108 valence electrons. The van der Waals surface area contributed by atoms with Crippen molar-refractivity contribution in [2.45, 2.75) is 11.8 Å². The third kappa shape index (κ3) is 4.92. The molecule has 0 bridgehead atoms. The zero-order valence-electron chi connectivity index (χ0n) is 10.7. The molecule has 0 aliphatic rings. The van der Waals surface area contributed by atoms with Crippen LogP contribution in [0.3, 0.4) is 0 Å². The lowest BCUT2D eigenvalue weighted by Crippen LogP contribution is -2.30. The average molecular weight is 369 g/mol. The number of nitrogens with zero attached hydrogens (tertiary/aromatic N) is 1. The molecule has 0 aromatic carbocycles. The molecule has 0 saturated heterocycles. The van der Waals surface area contributed by atoms with Crippen LogP contribution in [0.15, 0.2) is 21.6 Å². The Hall–Kier alpha value is -0.350. The molecule has 0 aliphatic heterocycles. The van der Waals surface area contributed by atoms with Crippen LogP contribution in [-0.4, -0.2) is 32.0 Å². The van der Waals surface area contributed by atoms with Crippen molar-refractivity contribution < 1.29 is 8.42 Å². The minimum absolute atomic E-state index is 0.0285. The van der Waals surface area contributed by atoms with Gasteiger partial charge in [-0.15, -0.1) is 0 Å². The zero-order valence-corrected chi connectivity index (χ0v) is 13.9. The summed E-state index contributed by atoms with van der Waals surface area (Å²) in [6.45, 7) is 2.36. The highest BCUT2D eigenvalue weighted by Crippen LogP contribution is 2.22. The predicted octanol–water partition coefficient (Wildman–Crippen LogP) is 1.41. The van der Waals surface area contributed by atoms with Gasteiger partial charge in [-0.3, -0.25) is 0 Å². The molecule has 0 spiro atoms. The maximum Gasteiger partial charge on any atom is 0.244 e. The number of nitrogen functional groups attached to an aromatic ring is 1. The van der Waals surface area contributed by atoms with Crippen molar-refractivity contribution in [3.05, 3.63) is 16.7 Å². The number of hydrazine groups is 1. The molecule has 6 nitrogen and oxygen atoms in total. The Morgan fingerprint density at radius 1 is 1.58 bits per heavy atom. The summed E-state index contributed by atoms with van der Waals surface area (Å²) in [5, 5.41) is 0. The SMILES string of the molecule is CSCC(C)CNS(=O)(=O)c1cc(Br)cnc1NN. The highest BCUT2D eigenvalue weighted by atomic mass is 79.9. The van der Waals surface area contributed by atoms with Gasteiger partial charge >= 0.3 is 0 Å². The van der Waals surface area contributed by atoms with Crippen LogP contribution in [0.1, 0.15) is 6.92 Å². The van der Waals surface area contributed by atoms with Crippen LogP contribution in [0.4, 0.5) is 5.82 Å². The maximum atomic E-state index is 12.2. The average Bonchev–Trinajstić information content (AvgIpc) is 2.37. The van der Waals surface area contributed by atoms with Gasteiger partial charge in [0.15, 0.2) is 5.82 Å². The fourth-order valence-electron chi connectivity index (χ4n) is 1.41. The minimum atomic E-state index is -3.63. The highest BCUT2D eigenvalue weighted by Gasteiger charge is 2.20. The van der Waals surface area contributed by atoms with E-state index in [1.165, 1.54) is 12.3 Å². The second-order valence-corrected chi connectivity index (χ2v) is 7.62. The molecule has 1 rings (SSSR count). The molecule has 0 fully saturated rings. The summed E-state index contributed by atoms with van der Waals surface area (Å²) in [7, 11) is -3.63. The van der Waals surface area contributed by atoms with Crippen LogP contribution in [0.2, 0.25) is 0 Å². The van der Waals surface area contributed by atoms with E-state index in [1.54, 1.807) is 11.8 Å². The van der Waals surface area contributed by atoms with Gasteiger partial charge in [-0.05, 0) is 39.9 Å². The molecule has 0 radical (unpaired) electrons. The number of thioether (sulfide) groups is 1. The van der Waals surface area contributed by atoms with E-state index in [0.29, 0.717) is 11.0 Å². The van der Waals surface area contributed by atoms with Gasteiger partial charge in [0, 0.05) is 17.2 Å².